The van der Waals surface area contributed by atoms with E-state index in [9.17, 15) is 15.2 Å². The fourth-order valence-corrected chi connectivity index (χ4v) is 6.01. The molecule has 4 rings (SSSR count). The topological polar surface area (TPSA) is 69.8 Å². The van der Waals surface area contributed by atoms with E-state index in [0.717, 1.165) is 16.1 Å². The second-order valence-electron chi connectivity index (χ2n) is 8.35. The normalized spacial score (nSPS) is 21.2. The molecular weight excluding hydrogens is 386 g/mol. The van der Waals surface area contributed by atoms with Gasteiger partial charge in [-0.2, -0.15) is 0 Å². The number of aliphatic hydroxyl groups excluding tert-OH is 1. The Balaban J connectivity index is 1.87. The van der Waals surface area contributed by atoms with Gasteiger partial charge in [0.1, 0.15) is 4.87 Å². The zero-order valence-electron chi connectivity index (χ0n) is 17.3. The van der Waals surface area contributed by atoms with Crippen molar-refractivity contribution >= 4 is 34.9 Å². The highest BCUT2D eigenvalue weighted by molar-refractivity contribution is 8.01. The molecule has 2 aromatic carbocycles. The molecule has 1 atom stereocenters. The number of hydrogen-bond donors (Lipinski definition) is 1. The van der Waals surface area contributed by atoms with Crippen LogP contribution in [0.15, 0.2) is 41.3 Å². The van der Waals surface area contributed by atoms with Crippen molar-refractivity contribution in [1.29, 1.82) is 0 Å². The molecule has 6 nitrogen and oxygen atoms in total. The lowest BCUT2D eigenvalue weighted by Crippen LogP contribution is -2.50. The lowest BCUT2D eigenvalue weighted by atomic mass is 9.79. The van der Waals surface area contributed by atoms with Crippen molar-refractivity contribution in [3.63, 3.8) is 0 Å². The number of benzene rings is 2. The summed E-state index contributed by atoms with van der Waals surface area (Å²) in [7, 11) is 6.17. The minimum absolute atomic E-state index is 0.00643. The van der Waals surface area contributed by atoms with Crippen LogP contribution in [0.4, 0.5) is 17.1 Å². The predicted molar refractivity (Wildman–Crippen MR) is 119 cm³/mol. The maximum absolute atomic E-state index is 11.3. The van der Waals surface area contributed by atoms with Crippen LogP contribution in [0, 0.1) is 10.1 Å². The molecule has 1 unspecified atom stereocenters. The average molecular weight is 412 g/mol. The molecule has 0 saturated heterocycles. The summed E-state index contributed by atoms with van der Waals surface area (Å²) in [6.45, 7) is 4.24. The van der Waals surface area contributed by atoms with Gasteiger partial charge in [-0.1, -0.05) is 31.7 Å². The van der Waals surface area contributed by atoms with Gasteiger partial charge in [0.2, 0.25) is 0 Å². The fourth-order valence-electron chi connectivity index (χ4n) is 4.46. The number of rotatable bonds is 3. The summed E-state index contributed by atoms with van der Waals surface area (Å²) in [5.74, 6) is 0. The molecule has 0 aromatic heterocycles. The summed E-state index contributed by atoms with van der Waals surface area (Å²) in [4.78, 5) is 15.8. The molecule has 1 spiro atoms. The smallest absolute Gasteiger partial charge is 0.270 e. The molecule has 0 amide bonds. The monoisotopic (exact) mass is 411 g/mol. The average Bonchev–Trinajstić information content (AvgIpc) is 2.85. The van der Waals surface area contributed by atoms with Crippen molar-refractivity contribution in [1.82, 2.24) is 0 Å². The molecule has 0 aliphatic carbocycles. The van der Waals surface area contributed by atoms with Crippen LogP contribution in [-0.2, 0) is 12.0 Å². The Morgan fingerprint density at radius 1 is 1.24 bits per heavy atom. The van der Waals surface area contributed by atoms with E-state index in [1.807, 2.05) is 20.2 Å². The number of aliphatic hydroxyl groups is 1. The van der Waals surface area contributed by atoms with Crippen LogP contribution in [0.3, 0.4) is 0 Å². The molecule has 29 heavy (non-hydrogen) atoms. The first-order chi connectivity index (χ1) is 13.6. The van der Waals surface area contributed by atoms with E-state index in [1.54, 1.807) is 17.8 Å². The van der Waals surface area contributed by atoms with E-state index in [4.69, 9.17) is 0 Å². The van der Waals surface area contributed by atoms with Crippen LogP contribution in [0.5, 0.6) is 0 Å². The van der Waals surface area contributed by atoms with Crippen LogP contribution < -0.4 is 9.80 Å². The van der Waals surface area contributed by atoms with E-state index in [2.05, 4.69) is 55.0 Å². The first-order valence-electron chi connectivity index (χ1n) is 9.48. The Kier molecular flexibility index (Phi) is 4.44. The Morgan fingerprint density at radius 3 is 2.59 bits per heavy atom. The zero-order valence-corrected chi connectivity index (χ0v) is 18.1. The predicted octanol–water partition coefficient (Wildman–Crippen LogP) is 4.40. The molecule has 7 heteroatoms. The molecule has 2 heterocycles. The third kappa shape index (κ3) is 2.68. The second kappa shape index (κ2) is 6.50. The molecule has 152 valence electrons. The van der Waals surface area contributed by atoms with Crippen LogP contribution in [-0.4, -0.2) is 36.0 Å². The number of anilines is 2. The Morgan fingerprint density at radius 2 is 1.97 bits per heavy atom. The summed E-state index contributed by atoms with van der Waals surface area (Å²) in [6, 6.07) is 9.60. The number of nitrogens with zero attached hydrogens (tertiary/aromatic N) is 3. The van der Waals surface area contributed by atoms with Crippen molar-refractivity contribution in [2.45, 2.75) is 35.6 Å². The van der Waals surface area contributed by atoms with E-state index >= 15 is 0 Å². The van der Waals surface area contributed by atoms with Crippen LogP contribution >= 0.6 is 11.8 Å². The quantitative estimate of drug-likeness (QED) is 0.596. The maximum atomic E-state index is 11.3. The van der Waals surface area contributed by atoms with E-state index in [1.165, 1.54) is 17.3 Å². The van der Waals surface area contributed by atoms with Gasteiger partial charge >= 0.3 is 0 Å². The minimum Gasteiger partial charge on any atom is -0.392 e. The zero-order chi connectivity index (χ0) is 21.1. The highest BCUT2D eigenvalue weighted by Gasteiger charge is 2.56. The van der Waals surface area contributed by atoms with Crippen LogP contribution in [0.1, 0.15) is 30.5 Å². The van der Waals surface area contributed by atoms with Crippen molar-refractivity contribution in [2.75, 3.05) is 30.9 Å². The maximum Gasteiger partial charge on any atom is 0.270 e. The van der Waals surface area contributed by atoms with E-state index < -0.39 is 9.79 Å². The Bertz CT molecular complexity index is 1050. The third-order valence-corrected chi connectivity index (χ3v) is 8.17. The summed E-state index contributed by atoms with van der Waals surface area (Å²) in [5.41, 5.74) is 4.75. The molecule has 0 bridgehead atoms. The number of thioether (sulfide) groups is 1. The van der Waals surface area contributed by atoms with Gasteiger partial charge in [-0.15, -0.1) is 0 Å². The van der Waals surface area contributed by atoms with Crippen molar-refractivity contribution in [3.8, 4) is 0 Å². The number of nitro groups is 1. The highest BCUT2D eigenvalue weighted by Crippen LogP contribution is 2.61. The molecule has 1 N–H and O–H groups in total. The second-order valence-corrected chi connectivity index (χ2v) is 9.58. The summed E-state index contributed by atoms with van der Waals surface area (Å²) < 4.78 is 0. The number of non-ortho nitro benzene ring substituents is 1. The van der Waals surface area contributed by atoms with Crippen molar-refractivity contribution in [2.24, 2.45) is 0 Å². The van der Waals surface area contributed by atoms with E-state index in [-0.39, 0.29) is 17.7 Å². The molecular formula is C22H25N3O3S. The van der Waals surface area contributed by atoms with Gasteiger partial charge in [-0.3, -0.25) is 10.1 Å². The fraction of sp³-hybridized carbons (Fsp3) is 0.364. The Hall–Kier alpha value is -2.51. The summed E-state index contributed by atoms with van der Waals surface area (Å²) >= 11 is 1.67. The van der Waals surface area contributed by atoms with Crippen LogP contribution in [0.2, 0.25) is 0 Å². The van der Waals surface area contributed by atoms with E-state index in [0.29, 0.717) is 5.56 Å². The van der Waals surface area contributed by atoms with Gasteiger partial charge < -0.3 is 14.9 Å². The lowest BCUT2D eigenvalue weighted by molar-refractivity contribution is -0.385. The molecule has 0 saturated carbocycles. The van der Waals surface area contributed by atoms with Crippen molar-refractivity contribution in [3.05, 3.63) is 63.2 Å². The molecule has 0 radical (unpaired) electrons. The van der Waals surface area contributed by atoms with Gasteiger partial charge in [0.25, 0.3) is 5.69 Å². The van der Waals surface area contributed by atoms with Gasteiger partial charge in [-0.25, -0.2) is 0 Å². The first kappa shape index (κ1) is 19.8. The SMILES string of the molecule is CN(C)c1ccc2c(c1)C(C)(C)C1(C=Cc3cc([N+](=O)[O-])cc(CO)c3S1)N2C. The molecule has 0 fully saturated rings. The van der Waals surface area contributed by atoms with Crippen molar-refractivity contribution < 1.29 is 10.0 Å². The van der Waals surface area contributed by atoms with Gasteiger partial charge in [-0.05, 0) is 41.0 Å². The largest absolute Gasteiger partial charge is 0.392 e. The van der Waals surface area contributed by atoms with Gasteiger partial charge in [0.05, 0.1) is 11.5 Å². The molecule has 2 aliphatic rings. The van der Waals surface area contributed by atoms with Gasteiger partial charge in [0, 0.05) is 55.0 Å². The standard InChI is InChI=1S/C22H25N3O3S/c1-21(2)18-12-16(23(3)4)6-7-19(18)24(5)22(21)9-8-14-10-17(25(27)28)11-15(13-26)20(14)29-22/h6-12,26H,13H2,1-5H3. The highest BCUT2D eigenvalue weighted by atomic mass is 32.2. The van der Waals surface area contributed by atoms with Gasteiger partial charge in [0.15, 0.2) is 0 Å². The number of fused-ring (bicyclic) bond motifs is 2. The molecule has 2 aromatic rings. The number of hydrogen-bond acceptors (Lipinski definition) is 6. The number of nitro benzene ring substituents is 1. The summed E-state index contributed by atoms with van der Waals surface area (Å²) in [6.07, 6.45) is 4.12. The number of likely N-dealkylation sites (N-methyl/N-ethyl adjacent to an activating group) is 1. The summed E-state index contributed by atoms with van der Waals surface area (Å²) in [5, 5.41) is 21.2. The molecule has 2 aliphatic heterocycles. The Labute approximate surface area is 175 Å². The minimum atomic E-state index is -0.410. The van der Waals surface area contributed by atoms with Crippen LogP contribution in [0.25, 0.3) is 6.08 Å². The lowest BCUT2D eigenvalue weighted by Gasteiger charge is -2.46. The third-order valence-electron chi connectivity index (χ3n) is 6.23. The first-order valence-corrected chi connectivity index (χ1v) is 10.3.